The van der Waals surface area contributed by atoms with Crippen molar-refractivity contribution in [1.29, 1.82) is 0 Å². The van der Waals surface area contributed by atoms with Crippen LogP contribution in [0.2, 0.25) is 0 Å². The summed E-state index contributed by atoms with van der Waals surface area (Å²) in [4.78, 5) is 19.9. The third-order valence-corrected chi connectivity index (χ3v) is 7.41. The SMILES string of the molecule is CN1CCc2cc(-c3nn(C(C)(C)C)cc3NC(=O)Nc3ccc(Oc4ccnc(-c5cnn(C)c5)c4)cc3)ccc2C1. The number of likely N-dealkylation sites (N-methyl/N-ethyl adjacent to an activating group) is 1. The van der Waals surface area contributed by atoms with Crippen LogP contribution < -0.4 is 15.4 Å². The number of benzene rings is 2. The third-order valence-electron chi connectivity index (χ3n) is 7.41. The minimum absolute atomic E-state index is 0.245. The quantitative estimate of drug-likeness (QED) is 0.239. The summed E-state index contributed by atoms with van der Waals surface area (Å²) in [6.45, 7) is 8.24. The van der Waals surface area contributed by atoms with Crippen molar-refractivity contribution in [3.8, 4) is 34.0 Å². The van der Waals surface area contributed by atoms with Gasteiger partial charge in [0.15, 0.2) is 0 Å². The number of nitrogens with zero attached hydrogens (tertiary/aromatic N) is 6. The van der Waals surface area contributed by atoms with Crippen LogP contribution in [0.25, 0.3) is 22.5 Å². The number of fused-ring (bicyclic) bond motifs is 1. The first-order valence-electron chi connectivity index (χ1n) is 14.3. The van der Waals surface area contributed by atoms with Gasteiger partial charge in [0, 0.05) is 61.6 Å². The van der Waals surface area contributed by atoms with Gasteiger partial charge in [-0.2, -0.15) is 10.2 Å². The number of amides is 2. The van der Waals surface area contributed by atoms with Crippen molar-refractivity contribution in [2.45, 2.75) is 39.3 Å². The zero-order chi connectivity index (χ0) is 30.1. The van der Waals surface area contributed by atoms with Gasteiger partial charge in [-0.05, 0) is 81.8 Å². The van der Waals surface area contributed by atoms with Crippen LogP contribution in [0.5, 0.6) is 11.5 Å². The van der Waals surface area contributed by atoms with Crippen LogP contribution in [0.15, 0.2) is 79.4 Å². The summed E-state index contributed by atoms with van der Waals surface area (Å²) < 4.78 is 9.67. The Bertz CT molecular complexity index is 1760. The van der Waals surface area contributed by atoms with Gasteiger partial charge in [0.25, 0.3) is 0 Å². The van der Waals surface area contributed by atoms with E-state index >= 15 is 0 Å². The molecule has 1 aliphatic rings. The zero-order valence-electron chi connectivity index (χ0n) is 25.1. The van der Waals surface area contributed by atoms with Crippen LogP contribution >= 0.6 is 0 Å². The van der Waals surface area contributed by atoms with Crippen LogP contribution in [-0.2, 0) is 25.6 Å². The number of carbonyl (C=O) groups excluding carboxylic acids is 1. The van der Waals surface area contributed by atoms with E-state index in [0.29, 0.717) is 22.9 Å². The van der Waals surface area contributed by atoms with E-state index in [1.165, 1.54) is 11.1 Å². The number of hydrogen-bond acceptors (Lipinski definition) is 6. The fourth-order valence-electron chi connectivity index (χ4n) is 5.08. The molecule has 10 nitrogen and oxygen atoms in total. The van der Waals surface area contributed by atoms with E-state index < -0.39 is 0 Å². The van der Waals surface area contributed by atoms with Crippen LogP contribution in [0.3, 0.4) is 0 Å². The van der Waals surface area contributed by atoms with Gasteiger partial charge in [0.1, 0.15) is 17.2 Å². The molecule has 1 aliphatic heterocycles. The van der Waals surface area contributed by atoms with Gasteiger partial charge < -0.3 is 20.3 Å². The zero-order valence-corrected chi connectivity index (χ0v) is 25.1. The van der Waals surface area contributed by atoms with Crippen molar-refractivity contribution in [3.63, 3.8) is 0 Å². The Morgan fingerprint density at radius 1 is 0.907 bits per heavy atom. The van der Waals surface area contributed by atoms with E-state index in [1.807, 2.05) is 42.3 Å². The number of hydrogen-bond donors (Lipinski definition) is 2. The van der Waals surface area contributed by atoms with Gasteiger partial charge in [0.05, 0.1) is 23.1 Å². The molecule has 10 heteroatoms. The highest BCUT2D eigenvalue weighted by Crippen LogP contribution is 2.32. The first-order chi connectivity index (χ1) is 20.6. The molecule has 0 aliphatic carbocycles. The van der Waals surface area contributed by atoms with Crippen LogP contribution in [0.1, 0.15) is 31.9 Å². The summed E-state index contributed by atoms with van der Waals surface area (Å²) in [5, 5.41) is 15.1. The summed E-state index contributed by atoms with van der Waals surface area (Å²) >= 11 is 0. The lowest BCUT2D eigenvalue weighted by molar-refractivity contribution is 0.262. The fraction of sp³-hybridized carbons (Fsp3) is 0.273. The molecule has 0 bridgehead atoms. The normalized spacial score (nSPS) is 13.4. The summed E-state index contributed by atoms with van der Waals surface area (Å²) in [6, 6.07) is 17.0. The number of nitrogens with one attached hydrogen (secondary N) is 2. The Kier molecular flexibility index (Phi) is 7.45. The second-order valence-corrected chi connectivity index (χ2v) is 12.0. The lowest BCUT2D eigenvalue weighted by Crippen LogP contribution is -2.26. The molecule has 0 radical (unpaired) electrons. The highest BCUT2D eigenvalue weighted by molar-refractivity contribution is 6.01. The molecule has 2 aromatic carbocycles. The summed E-state index contributed by atoms with van der Waals surface area (Å²) in [5.74, 6) is 1.30. The molecule has 3 aromatic heterocycles. The molecule has 0 saturated heterocycles. The summed E-state index contributed by atoms with van der Waals surface area (Å²) in [7, 11) is 4.01. The molecule has 0 atom stereocenters. The van der Waals surface area contributed by atoms with Crippen molar-refractivity contribution in [1.82, 2.24) is 29.4 Å². The van der Waals surface area contributed by atoms with Crippen LogP contribution in [0.4, 0.5) is 16.2 Å². The maximum atomic E-state index is 13.1. The summed E-state index contributed by atoms with van der Waals surface area (Å²) in [5.41, 5.74) is 7.15. The van der Waals surface area contributed by atoms with E-state index in [2.05, 4.69) is 71.6 Å². The predicted octanol–water partition coefficient (Wildman–Crippen LogP) is 6.52. The Morgan fingerprint density at radius 2 is 1.72 bits per heavy atom. The molecule has 2 amide bonds. The monoisotopic (exact) mass is 576 g/mol. The second-order valence-electron chi connectivity index (χ2n) is 12.0. The molecule has 43 heavy (non-hydrogen) atoms. The molecule has 0 spiro atoms. The molecular formula is C33H36N8O2. The fourth-order valence-corrected chi connectivity index (χ4v) is 5.08. The number of urea groups is 1. The van der Waals surface area contributed by atoms with Crippen LogP contribution in [0, 0.1) is 0 Å². The Labute approximate surface area is 251 Å². The number of ether oxygens (including phenoxy) is 1. The maximum Gasteiger partial charge on any atom is 0.323 e. The smallest absolute Gasteiger partial charge is 0.323 e. The van der Waals surface area contributed by atoms with Crippen LogP contribution in [-0.4, -0.2) is 49.1 Å². The maximum absolute atomic E-state index is 13.1. The van der Waals surface area contributed by atoms with Gasteiger partial charge in [0.2, 0.25) is 0 Å². The molecule has 0 saturated carbocycles. The highest BCUT2D eigenvalue weighted by Gasteiger charge is 2.22. The number of aryl methyl sites for hydroxylation is 1. The van der Waals surface area contributed by atoms with Gasteiger partial charge in [-0.15, -0.1) is 0 Å². The molecule has 4 heterocycles. The largest absolute Gasteiger partial charge is 0.457 e. The van der Waals surface area contributed by atoms with E-state index in [4.69, 9.17) is 9.84 Å². The summed E-state index contributed by atoms with van der Waals surface area (Å²) in [6.07, 6.45) is 8.26. The number of rotatable bonds is 6. The Hall–Kier alpha value is -4.96. The number of aromatic nitrogens is 5. The minimum Gasteiger partial charge on any atom is -0.457 e. The molecule has 2 N–H and O–H groups in total. The molecule has 6 rings (SSSR count). The van der Waals surface area contributed by atoms with Crippen molar-refractivity contribution in [2.75, 3.05) is 24.2 Å². The lowest BCUT2D eigenvalue weighted by Gasteiger charge is -2.25. The third kappa shape index (κ3) is 6.44. The van der Waals surface area contributed by atoms with E-state index in [-0.39, 0.29) is 11.6 Å². The van der Waals surface area contributed by atoms with Crippen molar-refractivity contribution < 1.29 is 9.53 Å². The Balaban J connectivity index is 1.15. The average molecular weight is 577 g/mol. The second kappa shape index (κ2) is 11.4. The topological polar surface area (TPSA) is 102 Å². The molecule has 0 fully saturated rings. The van der Waals surface area contributed by atoms with Gasteiger partial charge in [-0.3, -0.25) is 14.3 Å². The predicted molar refractivity (Wildman–Crippen MR) is 168 cm³/mol. The first-order valence-corrected chi connectivity index (χ1v) is 14.3. The first kappa shape index (κ1) is 28.2. The van der Waals surface area contributed by atoms with Crippen molar-refractivity contribution in [3.05, 3.63) is 90.5 Å². The van der Waals surface area contributed by atoms with E-state index in [0.717, 1.165) is 42.0 Å². The lowest BCUT2D eigenvalue weighted by atomic mass is 9.96. The Morgan fingerprint density at radius 3 is 2.47 bits per heavy atom. The van der Waals surface area contributed by atoms with E-state index in [9.17, 15) is 4.79 Å². The average Bonchev–Trinajstić information content (AvgIpc) is 3.60. The molecule has 220 valence electrons. The highest BCUT2D eigenvalue weighted by atomic mass is 16.5. The number of pyridine rings is 1. The van der Waals surface area contributed by atoms with E-state index in [1.54, 1.807) is 35.3 Å². The van der Waals surface area contributed by atoms with Gasteiger partial charge >= 0.3 is 6.03 Å². The molecular weight excluding hydrogens is 540 g/mol. The van der Waals surface area contributed by atoms with Gasteiger partial charge in [-0.1, -0.05) is 12.1 Å². The minimum atomic E-state index is -0.349. The van der Waals surface area contributed by atoms with Crippen molar-refractivity contribution in [2.24, 2.45) is 7.05 Å². The number of anilines is 2. The molecule has 0 unspecified atom stereocenters. The molecule has 5 aromatic rings. The number of carbonyl (C=O) groups is 1. The van der Waals surface area contributed by atoms with Gasteiger partial charge in [-0.25, -0.2) is 4.79 Å². The van der Waals surface area contributed by atoms with Crippen molar-refractivity contribution >= 4 is 17.4 Å². The standard InChI is InChI=1S/C33H36N8O2/c1-33(2,3)41-21-30(31(38-41)23-6-7-24-19-39(4)15-13-22(24)16-23)37-32(42)36-26-8-10-27(11-9-26)43-28-12-14-34-29(17-28)25-18-35-40(5)20-25/h6-12,14,16-18,20-21H,13,15,19H2,1-5H3,(H2,36,37,42).